The average molecular weight is 233 g/mol. The van der Waals surface area contributed by atoms with Crippen molar-refractivity contribution in [3.05, 3.63) is 12.7 Å². The lowest BCUT2D eigenvalue weighted by Crippen LogP contribution is -2.32. The van der Waals surface area contributed by atoms with Crippen LogP contribution in [0.1, 0.15) is 13.8 Å². The molecule has 0 aromatic heterocycles. The van der Waals surface area contributed by atoms with Gasteiger partial charge in [-0.3, -0.25) is 0 Å². The molecule has 0 aliphatic heterocycles. The molecule has 0 amide bonds. The molecule has 0 atom stereocenters. The van der Waals surface area contributed by atoms with Gasteiger partial charge in [-0.2, -0.15) is 11.8 Å². The molecule has 0 spiro atoms. The van der Waals surface area contributed by atoms with E-state index in [1.807, 2.05) is 31.7 Å². The molecule has 0 unspecified atom stereocenters. The molecular formula is C11H23NO2S. The van der Waals surface area contributed by atoms with Gasteiger partial charge >= 0.3 is 0 Å². The van der Waals surface area contributed by atoms with E-state index in [0.29, 0.717) is 13.2 Å². The number of nitrogens with one attached hydrogen (secondary N) is 1. The molecule has 0 saturated heterocycles. The Balaban J connectivity index is 3.31. The quantitative estimate of drug-likeness (QED) is 0.335. The van der Waals surface area contributed by atoms with Crippen LogP contribution in [-0.4, -0.2) is 44.1 Å². The fourth-order valence-corrected chi connectivity index (χ4v) is 1.69. The first kappa shape index (κ1) is 15.0. The second-order valence-electron chi connectivity index (χ2n) is 2.91. The SMILES string of the molecule is C=CCSCCNCC(OCC)OCC. The highest BCUT2D eigenvalue weighted by Gasteiger charge is 2.05. The van der Waals surface area contributed by atoms with Crippen molar-refractivity contribution in [3.8, 4) is 0 Å². The molecule has 0 saturated carbocycles. The Morgan fingerprint density at radius 1 is 1.33 bits per heavy atom. The summed E-state index contributed by atoms with van der Waals surface area (Å²) in [5, 5.41) is 3.31. The summed E-state index contributed by atoms with van der Waals surface area (Å²) in [7, 11) is 0. The maximum absolute atomic E-state index is 5.40. The molecule has 0 bridgehead atoms. The Hall–Kier alpha value is -0.0300. The summed E-state index contributed by atoms with van der Waals surface area (Å²) in [6.07, 6.45) is 1.82. The number of thioether (sulfide) groups is 1. The first-order chi connectivity index (χ1) is 7.35. The van der Waals surface area contributed by atoms with Crippen molar-refractivity contribution in [2.45, 2.75) is 20.1 Å². The van der Waals surface area contributed by atoms with Crippen LogP contribution in [0.5, 0.6) is 0 Å². The van der Waals surface area contributed by atoms with Gasteiger partial charge < -0.3 is 14.8 Å². The van der Waals surface area contributed by atoms with Crippen LogP contribution >= 0.6 is 11.8 Å². The highest BCUT2D eigenvalue weighted by Crippen LogP contribution is 1.98. The van der Waals surface area contributed by atoms with Gasteiger partial charge in [-0.15, -0.1) is 6.58 Å². The number of hydrogen-bond donors (Lipinski definition) is 1. The Morgan fingerprint density at radius 2 is 2.00 bits per heavy atom. The first-order valence-electron chi connectivity index (χ1n) is 5.47. The van der Waals surface area contributed by atoms with Gasteiger partial charge in [-0.25, -0.2) is 0 Å². The molecule has 15 heavy (non-hydrogen) atoms. The van der Waals surface area contributed by atoms with Crippen LogP contribution in [0.4, 0.5) is 0 Å². The molecule has 0 aliphatic rings. The van der Waals surface area contributed by atoms with Crippen molar-refractivity contribution in [2.24, 2.45) is 0 Å². The van der Waals surface area contributed by atoms with E-state index in [2.05, 4.69) is 11.9 Å². The average Bonchev–Trinajstić information content (AvgIpc) is 2.24. The van der Waals surface area contributed by atoms with Crippen LogP contribution < -0.4 is 5.32 Å². The van der Waals surface area contributed by atoms with Gasteiger partial charge in [-0.1, -0.05) is 6.08 Å². The summed E-state index contributed by atoms with van der Waals surface area (Å²) in [6, 6.07) is 0. The van der Waals surface area contributed by atoms with Gasteiger partial charge in [0.15, 0.2) is 6.29 Å². The minimum Gasteiger partial charge on any atom is -0.352 e. The molecular weight excluding hydrogens is 210 g/mol. The summed E-state index contributed by atoms with van der Waals surface area (Å²) in [4.78, 5) is 0. The maximum atomic E-state index is 5.40. The van der Waals surface area contributed by atoms with Crippen LogP contribution in [0.3, 0.4) is 0 Å². The monoisotopic (exact) mass is 233 g/mol. The van der Waals surface area contributed by atoms with Crippen LogP contribution in [0.25, 0.3) is 0 Å². The highest BCUT2D eigenvalue weighted by atomic mass is 32.2. The third kappa shape index (κ3) is 10.3. The third-order valence-electron chi connectivity index (χ3n) is 1.68. The molecule has 0 aromatic rings. The second-order valence-corrected chi connectivity index (χ2v) is 4.06. The Labute approximate surface area is 97.6 Å². The fraction of sp³-hybridized carbons (Fsp3) is 0.818. The van der Waals surface area contributed by atoms with Crippen LogP contribution in [0.2, 0.25) is 0 Å². The Bertz CT molecular complexity index is 139. The van der Waals surface area contributed by atoms with E-state index in [9.17, 15) is 0 Å². The van der Waals surface area contributed by atoms with E-state index in [0.717, 1.165) is 24.6 Å². The van der Waals surface area contributed by atoms with E-state index >= 15 is 0 Å². The standard InChI is InChI=1S/C11H23NO2S/c1-4-8-15-9-7-12-10-11(13-5-2)14-6-3/h4,11-12H,1,5-10H2,2-3H3. The van der Waals surface area contributed by atoms with Crippen molar-refractivity contribution < 1.29 is 9.47 Å². The lowest BCUT2D eigenvalue weighted by Gasteiger charge is -2.17. The predicted molar refractivity (Wildman–Crippen MR) is 67.4 cm³/mol. The van der Waals surface area contributed by atoms with E-state index in [1.54, 1.807) is 0 Å². The van der Waals surface area contributed by atoms with Crippen molar-refractivity contribution in [3.63, 3.8) is 0 Å². The maximum Gasteiger partial charge on any atom is 0.169 e. The zero-order valence-corrected chi connectivity index (χ0v) is 10.6. The molecule has 0 radical (unpaired) electrons. The molecule has 90 valence electrons. The van der Waals surface area contributed by atoms with Gasteiger partial charge in [0, 0.05) is 37.8 Å². The zero-order valence-electron chi connectivity index (χ0n) is 9.83. The van der Waals surface area contributed by atoms with E-state index in [1.165, 1.54) is 0 Å². The second kappa shape index (κ2) is 12.0. The number of hydrogen-bond acceptors (Lipinski definition) is 4. The Kier molecular flexibility index (Phi) is 12.0. The van der Waals surface area contributed by atoms with Gasteiger partial charge in [0.25, 0.3) is 0 Å². The predicted octanol–water partition coefficient (Wildman–Crippen LogP) is 1.89. The highest BCUT2D eigenvalue weighted by molar-refractivity contribution is 7.99. The fourth-order valence-electron chi connectivity index (χ4n) is 1.07. The van der Waals surface area contributed by atoms with Crippen molar-refractivity contribution in [2.75, 3.05) is 37.8 Å². The van der Waals surface area contributed by atoms with Gasteiger partial charge in [0.2, 0.25) is 0 Å². The zero-order chi connectivity index (χ0) is 11.4. The smallest absolute Gasteiger partial charge is 0.169 e. The van der Waals surface area contributed by atoms with E-state index in [-0.39, 0.29) is 6.29 Å². The molecule has 4 heteroatoms. The summed E-state index contributed by atoms with van der Waals surface area (Å²) < 4.78 is 10.8. The largest absolute Gasteiger partial charge is 0.352 e. The van der Waals surface area contributed by atoms with Crippen molar-refractivity contribution >= 4 is 11.8 Å². The summed E-state index contributed by atoms with van der Waals surface area (Å²) in [5.74, 6) is 2.11. The molecule has 0 fully saturated rings. The summed E-state index contributed by atoms with van der Waals surface area (Å²) in [5.41, 5.74) is 0. The van der Waals surface area contributed by atoms with Gasteiger partial charge in [-0.05, 0) is 13.8 Å². The third-order valence-corrected chi connectivity index (χ3v) is 2.64. The molecule has 0 rings (SSSR count). The molecule has 1 N–H and O–H groups in total. The van der Waals surface area contributed by atoms with E-state index < -0.39 is 0 Å². The molecule has 3 nitrogen and oxygen atoms in total. The molecule has 0 aliphatic carbocycles. The summed E-state index contributed by atoms with van der Waals surface area (Å²) in [6.45, 7) is 10.8. The number of rotatable bonds is 11. The lowest BCUT2D eigenvalue weighted by atomic mass is 10.5. The Morgan fingerprint density at radius 3 is 2.53 bits per heavy atom. The van der Waals surface area contributed by atoms with Gasteiger partial charge in [0.05, 0.1) is 0 Å². The first-order valence-corrected chi connectivity index (χ1v) is 6.63. The van der Waals surface area contributed by atoms with Crippen molar-refractivity contribution in [1.29, 1.82) is 0 Å². The molecule has 0 heterocycles. The van der Waals surface area contributed by atoms with Crippen LogP contribution in [0, 0.1) is 0 Å². The summed E-state index contributed by atoms with van der Waals surface area (Å²) >= 11 is 1.87. The van der Waals surface area contributed by atoms with E-state index in [4.69, 9.17) is 9.47 Å². The van der Waals surface area contributed by atoms with Crippen LogP contribution in [-0.2, 0) is 9.47 Å². The van der Waals surface area contributed by atoms with Crippen LogP contribution in [0.15, 0.2) is 12.7 Å². The minimum absolute atomic E-state index is 0.107. The van der Waals surface area contributed by atoms with Crippen molar-refractivity contribution in [1.82, 2.24) is 5.32 Å². The normalized spacial score (nSPS) is 10.9. The molecule has 0 aromatic carbocycles. The minimum atomic E-state index is -0.107. The lowest BCUT2D eigenvalue weighted by molar-refractivity contribution is -0.132. The van der Waals surface area contributed by atoms with Gasteiger partial charge in [0.1, 0.15) is 0 Å². The number of ether oxygens (including phenoxy) is 2. The topological polar surface area (TPSA) is 30.5 Å².